The predicted molar refractivity (Wildman–Crippen MR) is 68.3 cm³/mol. The summed E-state index contributed by atoms with van der Waals surface area (Å²) in [5.41, 5.74) is 3.16. The Labute approximate surface area is 103 Å². The molecule has 0 N–H and O–H groups in total. The van der Waals surface area contributed by atoms with Crippen molar-refractivity contribution in [3.05, 3.63) is 22.9 Å². The van der Waals surface area contributed by atoms with Gasteiger partial charge in [0.2, 0.25) is 5.88 Å². The zero-order chi connectivity index (χ0) is 12.0. The number of alkyl halides is 1. The van der Waals surface area contributed by atoms with Crippen LogP contribution in [0.15, 0.2) is 6.07 Å². The maximum absolute atomic E-state index is 5.91. The average Bonchev–Trinajstić information content (AvgIpc) is 2.24. The summed E-state index contributed by atoms with van der Waals surface area (Å²) in [6.07, 6.45) is 3.47. The van der Waals surface area contributed by atoms with Gasteiger partial charge >= 0.3 is 0 Å². The lowest BCUT2D eigenvalue weighted by Gasteiger charge is -2.11. The minimum absolute atomic E-state index is 0.461. The lowest BCUT2D eigenvalue weighted by molar-refractivity contribution is 0.292. The van der Waals surface area contributed by atoms with E-state index in [0.717, 1.165) is 29.8 Å². The highest BCUT2D eigenvalue weighted by Gasteiger charge is 2.08. The van der Waals surface area contributed by atoms with Gasteiger partial charge in [0, 0.05) is 11.3 Å². The molecule has 1 rings (SSSR count). The fraction of sp³-hybridized carbons (Fsp3) is 0.615. The van der Waals surface area contributed by atoms with Crippen molar-refractivity contribution in [2.24, 2.45) is 0 Å². The van der Waals surface area contributed by atoms with Crippen LogP contribution < -0.4 is 4.74 Å². The van der Waals surface area contributed by atoms with E-state index in [1.807, 2.05) is 19.9 Å². The van der Waals surface area contributed by atoms with Crippen molar-refractivity contribution >= 4 is 11.6 Å². The van der Waals surface area contributed by atoms with Crippen LogP contribution in [0.3, 0.4) is 0 Å². The molecule has 90 valence electrons. The second kappa shape index (κ2) is 6.74. The molecule has 1 aromatic heterocycles. The van der Waals surface area contributed by atoms with Gasteiger partial charge in [0.15, 0.2) is 0 Å². The Hall–Kier alpha value is -0.760. The van der Waals surface area contributed by atoms with Crippen molar-refractivity contribution in [3.63, 3.8) is 0 Å². The highest BCUT2D eigenvalue weighted by molar-refractivity contribution is 6.17. The number of ether oxygens (including phenoxy) is 1. The van der Waals surface area contributed by atoms with Gasteiger partial charge in [-0.1, -0.05) is 19.8 Å². The number of hydrogen-bond donors (Lipinski definition) is 0. The summed E-state index contributed by atoms with van der Waals surface area (Å²) in [5, 5.41) is 0. The molecule has 0 bridgehead atoms. The SMILES string of the molecule is CCCCCOc1nc(C)cc(C)c1CCl. The molecule has 2 nitrogen and oxygen atoms in total. The normalized spacial score (nSPS) is 10.5. The molecular formula is C13H20ClNO. The average molecular weight is 242 g/mol. The van der Waals surface area contributed by atoms with Gasteiger partial charge < -0.3 is 4.74 Å². The minimum Gasteiger partial charge on any atom is -0.477 e. The molecule has 1 aromatic rings. The molecule has 0 spiro atoms. The number of aromatic nitrogens is 1. The first kappa shape index (κ1) is 13.3. The number of pyridine rings is 1. The number of rotatable bonds is 6. The van der Waals surface area contributed by atoms with Gasteiger partial charge in [-0.05, 0) is 31.9 Å². The van der Waals surface area contributed by atoms with E-state index in [9.17, 15) is 0 Å². The number of halogens is 1. The Morgan fingerprint density at radius 3 is 2.69 bits per heavy atom. The second-order valence-electron chi connectivity index (χ2n) is 4.05. The van der Waals surface area contributed by atoms with E-state index in [-0.39, 0.29) is 0 Å². The van der Waals surface area contributed by atoms with Crippen LogP contribution in [0.2, 0.25) is 0 Å². The van der Waals surface area contributed by atoms with Crippen molar-refractivity contribution in [3.8, 4) is 5.88 Å². The quantitative estimate of drug-likeness (QED) is 0.555. The van der Waals surface area contributed by atoms with Crippen molar-refractivity contribution in [1.82, 2.24) is 4.98 Å². The lowest BCUT2D eigenvalue weighted by atomic mass is 10.1. The highest BCUT2D eigenvalue weighted by atomic mass is 35.5. The van der Waals surface area contributed by atoms with Crippen LogP contribution in [0.25, 0.3) is 0 Å². The molecule has 1 heterocycles. The predicted octanol–water partition coefficient (Wildman–Crippen LogP) is 4.01. The third kappa shape index (κ3) is 3.67. The monoisotopic (exact) mass is 241 g/mol. The minimum atomic E-state index is 0.461. The largest absolute Gasteiger partial charge is 0.477 e. The van der Waals surface area contributed by atoms with Gasteiger partial charge in [-0.2, -0.15) is 0 Å². The molecule has 0 amide bonds. The number of unbranched alkanes of at least 4 members (excludes halogenated alkanes) is 2. The first-order valence-electron chi connectivity index (χ1n) is 5.85. The summed E-state index contributed by atoms with van der Waals surface area (Å²) < 4.78 is 5.70. The highest BCUT2D eigenvalue weighted by Crippen LogP contribution is 2.23. The van der Waals surface area contributed by atoms with E-state index in [2.05, 4.69) is 11.9 Å². The van der Waals surface area contributed by atoms with Gasteiger partial charge in [-0.25, -0.2) is 4.98 Å². The fourth-order valence-corrected chi connectivity index (χ4v) is 1.96. The molecule has 0 saturated carbocycles. The summed E-state index contributed by atoms with van der Waals surface area (Å²) in [7, 11) is 0. The first-order valence-corrected chi connectivity index (χ1v) is 6.38. The molecule has 0 aliphatic rings. The lowest BCUT2D eigenvalue weighted by Crippen LogP contribution is -2.04. The summed E-state index contributed by atoms with van der Waals surface area (Å²) in [6.45, 7) is 6.93. The molecule has 3 heteroatoms. The second-order valence-corrected chi connectivity index (χ2v) is 4.32. The van der Waals surface area contributed by atoms with Crippen LogP contribution in [0, 0.1) is 13.8 Å². The van der Waals surface area contributed by atoms with E-state index in [1.54, 1.807) is 0 Å². The third-order valence-corrected chi connectivity index (χ3v) is 2.83. The van der Waals surface area contributed by atoms with E-state index < -0.39 is 0 Å². The maximum Gasteiger partial charge on any atom is 0.218 e. The van der Waals surface area contributed by atoms with E-state index in [1.165, 1.54) is 12.8 Å². The zero-order valence-corrected chi connectivity index (χ0v) is 11.1. The topological polar surface area (TPSA) is 22.1 Å². The van der Waals surface area contributed by atoms with Gasteiger partial charge in [0.1, 0.15) is 0 Å². The van der Waals surface area contributed by atoms with E-state index in [4.69, 9.17) is 16.3 Å². The molecular weight excluding hydrogens is 222 g/mol. The Morgan fingerprint density at radius 2 is 2.06 bits per heavy atom. The molecule has 16 heavy (non-hydrogen) atoms. The number of nitrogens with zero attached hydrogens (tertiary/aromatic N) is 1. The van der Waals surface area contributed by atoms with Crippen molar-refractivity contribution < 1.29 is 4.74 Å². The molecule has 0 saturated heterocycles. The molecule has 0 aliphatic carbocycles. The number of aryl methyl sites for hydroxylation is 2. The standard InChI is InChI=1S/C13H20ClNO/c1-4-5-6-7-16-13-12(9-14)10(2)8-11(3)15-13/h8H,4-7,9H2,1-3H3. The molecule has 0 aromatic carbocycles. The van der Waals surface area contributed by atoms with Crippen LogP contribution in [0.5, 0.6) is 5.88 Å². The van der Waals surface area contributed by atoms with E-state index >= 15 is 0 Å². The van der Waals surface area contributed by atoms with Gasteiger partial charge in [0.25, 0.3) is 0 Å². The Balaban J connectivity index is 2.69. The molecule has 0 unspecified atom stereocenters. The van der Waals surface area contributed by atoms with Crippen molar-refractivity contribution in [1.29, 1.82) is 0 Å². The van der Waals surface area contributed by atoms with Gasteiger partial charge in [-0.15, -0.1) is 11.6 Å². The summed E-state index contributed by atoms with van der Waals surface area (Å²) in [4.78, 5) is 4.40. The van der Waals surface area contributed by atoms with Crippen LogP contribution >= 0.6 is 11.6 Å². The Kier molecular flexibility index (Phi) is 5.61. The van der Waals surface area contributed by atoms with Crippen LogP contribution in [-0.2, 0) is 5.88 Å². The molecule has 0 atom stereocenters. The van der Waals surface area contributed by atoms with Crippen molar-refractivity contribution in [2.75, 3.05) is 6.61 Å². The smallest absolute Gasteiger partial charge is 0.218 e. The van der Waals surface area contributed by atoms with Gasteiger partial charge in [0.05, 0.1) is 12.5 Å². The summed E-state index contributed by atoms with van der Waals surface area (Å²) in [6, 6.07) is 2.04. The Morgan fingerprint density at radius 1 is 1.31 bits per heavy atom. The first-order chi connectivity index (χ1) is 7.69. The molecule has 0 aliphatic heterocycles. The van der Waals surface area contributed by atoms with Crippen molar-refractivity contribution in [2.45, 2.75) is 45.9 Å². The van der Waals surface area contributed by atoms with Crippen LogP contribution in [-0.4, -0.2) is 11.6 Å². The third-order valence-electron chi connectivity index (χ3n) is 2.56. The fourth-order valence-electron chi connectivity index (χ4n) is 1.63. The van der Waals surface area contributed by atoms with Crippen LogP contribution in [0.1, 0.15) is 43.0 Å². The maximum atomic E-state index is 5.91. The Bertz CT molecular complexity index is 339. The van der Waals surface area contributed by atoms with E-state index in [0.29, 0.717) is 11.8 Å². The number of hydrogen-bond acceptors (Lipinski definition) is 2. The molecule has 0 radical (unpaired) electrons. The van der Waals surface area contributed by atoms with Crippen LogP contribution in [0.4, 0.5) is 0 Å². The molecule has 0 fully saturated rings. The summed E-state index contributed by atoms with van der Waals surface area (Å²) in [5.74, 6) is 1.17. The summed E-state index contributed by atoms with van der Waals surface area (Å²) >= 11 is 5.91. The zero-order valence-electron chi connectivity index (χ0n) is 10.3. The van der Waals surface area contributed by atoms with Gasteiger partial charge in [-0.3, -0.25) is 0 Å².